The molecule has 2 nitrogen and oxygen atoms in total. The van der Waals surface area contributed by atoms with E-state index in [9.17, 15) is 16.4 Å². The number of hydrogen-bond donors (Lipinski definition) is 0. The van der Waals surface area contributed by atoms with Crippen LogP contribution in [0.25, 0.3) is 0 Å². The summed E-state index contributed by atoms with van der Waals surface area (Å²) in [5.41, 5.74) is 0. The first-order chi connectivity index (χ1) is 2.00. The van der Waals surface area contributed by atoms with Gasteiger partial charge in [-0.05, 0) is 0 Å². The van der Waals surface area contributed by atoms with Crippen LogP contribution < -0.4 is 0 Å². The Hall–Kier alpha value is -0.143. The van der Waals surface area contributed by atoms with Crippen LogP contribution in [0.3, 0.4) is 0 Å². The van der Waals surface area contributed by atoms with E-state index in [-0.39, 0.29) is 11.0 Å². The zero-order valence-electron chi connectivity index (χ0n) is 3.01. The van der Waals surface area contributed by atoms with Crippen molar-refractivity contribution in [3.05, 3.63) is 0 Å². The third-order valence-electron chi connectivity index (χ3n) is 0. The van der Waals surface area contributed by atoms with Crippen molar-refractivity contribution >= 4 is 9.41 Å². The lowest BCUT2D eigenvalue weighted by molar-refractivity contribution is 0.368. The minimum Gasteiger partial charge on any atom is -0.412 e. The van der Waals surface area contributed by atoms with E-state index in [1.807, 2.05) is 0 Å². The van der Waals surface area contributed by atoms with Crippen LogP contribution in [0.15, 0.2) is 0 Å². The third kappa shape index (κ3) is 4250. The average molecular weight is 140 g/mol. The highest BCUT2D eigenvalue weighted by atomic mass is 28.5. The Morgan fingerprint density at radius 2 is 0.714 bits per heavy atom. The van der Waals surface area contributed by atoms with Gasteiger partial charge in [0.2, 0.25) is 0 Å². The van der Waals surface area contributed by atoms with Gasteiger partial charge in [0.25, 0.3) is 0 Å². The Labute approximate surface area is 38.1 Å². The zero-order chi connectivity index (χ0) is 4.50. The summed E-state index contributed by atoms with van der Waals surface area (Å²) in [7, 11) is -6.61. The second-order valence-corrected chi connectivity index (χ2v) is 1.29. The topological polar surface area (TPSA) is 63.0 Å². The van der Waals surface area contributed by atoms with Crippen LogP contribution in [0.4, 0.5) is 16.4 Å². The van der Waals surface area contributed by atoms with Crippen molar-refractivity contribution < 1.29 is 27.4 Å². The van der Waals surface area contributed by atoms with Crippen LogP contribution in [0, 0.1) is 0 Å². The fourth-order valence-corrected chi connectivity index (χ4v) is 0. The van der Waals surface area contributed by atoms with Gasteiger partial charge in [0.05, 0.1) is 0 Å². The van der Waals surface area contributed by atoms with Crippen LogP contribution in [0.1, 0.15) is 0 Å². The first-order valence-corrected chi connectivity index (χ1v) is 2.27. The van der Waals surface area contributed by atoms with Crippen LogP contribution >= 0.6 is 0 Å². The largest absolute Gasteiger partial charge is 0.844 e. The van der Waals surface area contributed by atoms with Crippen LogP contribution in [-0.2, 0) is 0 Å². The van der Waals surface area contributed by atoms with Gasteiger partial charge in [-0.25, -0.2) is 16.4 Å². The molecule has 0 fully saturated rings. The van der Waals surface area contributed by atoms with Crippen molar-refractivity contribution in [2.24, 2.45) is 0 Å². The Kier molecular flexibility index (Phi) is 9.10. The molecule has 48 valence electrons. The molecular formula is H4F4O2Si. The third-order valence-corrected chi connectivity index (χ3v) is 0. The average Bonchev–Trinajstić information content (AvgIpc) is 0.722. The summed E-state index contributed by atoms with van der Waals surface area (Å²) in [4.78, 5) is 0. The van der Waals surface area contributed by atoms with Crippen LogP contribution in [0.2, 0.25) is 0 Å². The van der Waals surface area contributed by atoms with Crippen molar-refractivity contribution in [2.45, 2.75) is 0 Å². The van der Waals surface area contributed by atoms with Crippen molar-refractivity contribution in [1.82, 2.24) is 0 Å². The molecule has 0 amide bonds. The van der Waals surface area contributed by atoms with E-state index in [2.05, 4.69) is 0 Å². The maximum absolute atomic E-state index is 9.83. The molecule has 0 rings (SSSR count). The summed E-state index contributed by atoms with van der Waals surface area (Å²) >= 11 is 0. The van der Waals surface area contributed by atoms with Gasteiger partial charge in [0.1, 0.15) is 0 Å². The van der Waals surface area contributed by atoms with Crippen molar-refractivity contribution in [2.75, 3.05) is 0 Å². The summed E-state index contributed by atoms with van der Waals surface area (Å²) in [5.74, 6) is 0. The highest BCUT2D eigenvalue weighted by Gasteiger charge is 2.39. The summed E-state index contributed by atoms with van der Waals surface area (Å²) in [6.45, 7) is 0. The van der Waals surface area contributed by atoms with E-state index >= 15 is 0 Å². The molecule has 0 radical (unpaired) electrons. The highest BCUT2D eigenvalue weighted by molar-refractivity contribution is 6.50. The van der Waals surface area contributed by atoms with Gasteiger partial charge >= 0.3 is 9.41 Å². The van der Waals surface area contributed by atoms with Crippen molar-refractivity contribution in [1.29, 1.82) is 0 Å². The van der Waals surface area contributed by atoms with E-state index in [0.29, 0.717) is 0 Å². The van der Waals surface area contributed by atoms with Crippen LogP contribution in [-0.4, -0.2) is 20.4 Å². The molecule has 0 saturated heterocycles. The Bertz CT molecular complexity index is 25.2. The Balaban J connectivity index is -0.0000000800. The molecule has 7 heteroatoms. The maximum atomic E-state index is 9.83. The molecule has 0 aliphatic carbocycles. The van der Waals surface area contributed by atoms with Gasteiger partial charge in [-0.3, -0.25) is 0 Å². The molecule has 7 heavy (non-hydrogen) atoms. The molecule has 0 aromatic heterocycles. The van der Waals surface area contributed by atoms with E-state index in [1.54, 1.807) is 0 Å². The predicted octanol–water partition coefficient (Wildman–Crippen LogP) is -0.349. The van der Waals surface area contributed by atoms with Gasteiger partial charge in [0, 0.05) is 0 Å². The number of rotatable bonds is 0. The summed E-state index contributed by atoms with van der Waals surface area (Å²) in [6.07, 6.45) is 0. The lowest BCUT2D eigenvalue weighted by Crippen LogP contribution is -2.02. The Morgan fingerprint density at radius 1 is 0.714 bits per heavy atom. The molecule has 0 saturated carbocycles. The molecular weight excluding hydrogens is 136 g/mol. The fraction of sp³-hybridized carbons (Fsp3) is 0. The standard InChI is InChI=1S/F4Si.2H2O/c1-5(2,3)4;;/h;2*1H2. The first-order valence-electron chi connectivity index (χ1n) is 0.756. The van der Waals surface area contributed by atoms with Gasteiger partial charge in [-0.2, -0.15) is 0 Å². The summed E-state index contributed by atoms with van der Waals surface area (Å²) in [6, 6.07) is 0. The normalized spacial score (nSPS) is 8.57. The SMILES string of the molecule is F[Si](F)(F)F.O.O. The lowest BCUT2D eigenvalue weighted by atomic mass is 16.0. The lowest BCUT2D eigenvalue weighted by Gasteiger charge is -1.75. The number of hydrogen-bond acceptors (Lipinski definition) is 0. The molecule has 0 bridgehead atoms. The molecule has 4 N–H and O–H groups in total. The molecule has 0 unspecified atom stereocenters. The molecule has 0 aliphatic heterocycles. The summed E-state index contributed by atoms with van der Waals surface area (Å²) in [5, 5.41) is 0. The second kappa shape index (κ2) is 4.03. The van der Waals surface area contributed by atoms with E-state index in [4.69, 9.17) is 0 Å². The van der Waals surface area contributed by atoms with Gasteiger partial charge in [-0.15, -0.1) is 0 Å². The minimum atomic E-state index is -6.61. The smallest absolute Gasteiger partial charge is 0.412 e. The van der Waals surface area contributed by atoms with Crippen LogP contribution in [0.5, 0.6) is 0 Å². The molecule has 0 spiro atoms. The first kappa shape index (κ1) is 15.8. The predicted molar refractivity (Wildman–Crippen MR) is 17.4 cm³/mol. The molecule has 0 atom stereocenters. The van der Waals surface area contributed by atoms with Crippen molar-refractivity contribution in [3.63, 3.8) is 0 Å². The minimum absolute atomic E-state index is 0. The molecule has 0 aliphatic rings. The molecule has 0 heterocycles. The van der Waals surface area contributed by atoms with E-state index in [1.165, 1.54) is 0 Å². The monoisotopic (exact) mass is 140 g/mol. The zero-order valence-corrected chi connectivity index (χ0v) is 4.01. The van der Waals surface area contributed by atoms with Gasteiger partial charge in [-0.1, -0.05) is 0 Å². The quantitative estimate of drug-likeness (QED) is 0.251. The Morgan fingerprint density at radius 3 is 0.714 bits per heavy atom. The van der Waals surface area contributed by atoms with E-state index < -0.39 is 9.41 Å². The van der Waals surface area contributed by atoms with Gasteiger partial charge < -0.3 is 11.0 Å². The summed E-state index contributed by atoms with van der Waals surface area (Å²) < 4.78 is 39.3. The fourth-order valence-electron chi connectivity index (χ4n) is 0. The number of halogens is 4. The highest BCUT2D eigenvalue weighted by Crippen LogP contribution is 2.06. The molecule has 0 aromatic carbocycles. The van der Waals surface area contributed by atoms with Gasteiger partial charge in [0.15, 0.2) is 0 Å². The maximum Gasteiger partial charge on any atom is 0.844 e. The van der Waals surface area contributed by atoms with E-state index in [0.717, 1.165) is 0 Å². The second-order valence-electron chi connectivity index (χ2n) is 0.429. The van der Waals surface area contributed by atoms with Crippen molar-refractivity contribution in [3.8, 4) is 0 Å². The molecule has 0 aromatic rings.